The molecule has 18 heavy (non-hydrogen) atoms. The number of hydrogen-bond donors (Lipinski definition) is 1. The number of nitrogen functional groups attached to an aromatic ring is 1. The van der Waals surface area contributed by atoms with Gasteiger partial charge in [0.05, 0.1) is 0 Å². The summed E-state index contributed by atoms with van der Waals surface area (Å²) in [6, 6.07) is 5.89. The van der Waals surface area contributed by atoms with Gasteiger partial charge in [-0.15, -0.1) is 10.2 Å². The van der Waals surface area contributed by atoms with Gasteiger partial charge in [-0.1, -0.05) is 19.9 Å². The second kappa shape index (κ2) is 5.16. The summed E-state index contributed by atoms with van der Waals surface area (Å²) in [5, 5.41) is 8.14. The fourth-order valence-corrected chi connectivity index (χ4v) is 2.12. The third-order valence-corrected chi connectivity index (χ3v) is 2.86. The maximum atomic E-state index is 5.70. The molecule has 0 aliphatic heterocycles. The number of nitrogens with zero attached hydrogens (tertiary/aromatic N) is 4. The zero-order valence-corrected chi connectivity index (χ0v) is 11.0. The minimum Gasteiger partial charge on any atom is -0.384 e. The van der Waals surface area contributed by atoms with E-state index in [9.17, 15) is 0 Å². The average molecular weight is 245 g/mol. The van der Waals surface area contributed by atoms with Gasteiger partial charge in [0.2, 0.25) is 0 Å². The van der Waals surface area contributed by atoms with Gasteiger partial charge >= 0.3 is 0 Å². The van der Waals surface area contributed by atoms with Crippen LogP contribution >= 0.6 is 0 Å². The molecular weight excluding hydrogens is 226 g/mol. The van der Waals surface area contributed by atoms with Crippen molar-refractivity contribution in [1.82, 2.24) is 19.7 Å². The topological polar surface area (TPSA) is 69.6 Å². The smallest absolute Gasteiger partial charge is 0.182 e. The molecule has 5 heteroatoms. The zero-order valence-electron chi connectivity index (χ0n) is 11.0. The highest BCUT2D eigenvalue weighted by atomic mass is 15.3. The summed E-state index contributed by atoms with van der Waals surface area (Å²) in [5.74, 6) is 1.90. The van der Waals surface area contributed by atoms with E-state index in [1.165, 1.54) is 0 Å². The summed E-state index contributed by atoms with van der Waals surface area (Å²) in [5.41, 5.74) is 6.47. The van der Waals surface area contributed by atoms with E-state index in [1.54, 1.807) is 12.4 Å². The van der Waals surface area contributed by atoms with Crippen LogP contribution in [0.2, 0.25) is 0 Å². The van der Waals surface area contributed by atoms with Crippen LogP contribution in [0.4, 0.5) is 5.82 Å². The van der Waals surface area contributed by atoms with Crippen LogP contribution in [0.3, 0.4) is 0 Å². The van der Waals surface area contributed by atoms with Crippen LogP contribution in [-0.4, -0.2) is 19.7 Å². The second-order valence-electron chi connectivity index (χ2n) is 4.99. The van der Waals surface area contributed by atoms with Crippen molar-refractivity contribution in [3.8, 4) is 11.5 Å². The third-order valence-electron chi connectivity index (χ3n) is 2.86. The molecule has 0 bridgehead atoms. The number of nitrogens with two attached hydrogens (primary N) is 1. The quantitative estimate of drug-likeness (QED) is 0.898. The van der Waals surface area contributed by atoms with Gasteiger partial charge < -0.3 is 10.3 Å². The van der Waals surface area contributed by atoms with E-state index in [1.807, 2.05) is 12.1 Å². The van der Waals surface area contributed by atoms with Crippen LogP contribution in [0, 0.1) is 5.92 Å². The van der Waals surface area contributed by atoms with E-state index in [0.29, 0.717) is 17.8 Å². The summed E-state index contributed by atoms with van der Waals surface area (Å²) < 4.78 is 2.06. The summed E-state index contributed by atoms with van der Waals surface area (Å²) in [6.07, 6.45) is 2.83. The molecule has 0 aromatic carbocycles. The molecule has 2 N–H and O–H groups in total. The number of anilines is 1. The van der Waals surface area contributed by atoms with Crippen LogP contribution in [0.1, 0.15) is 33.2 Å². The standard InChI is InChI=1S/C13H19N5/c1-9(2)7-10(3)18-8-15-17-13(18)11-5-4-6-12(14)16-11/h4-6,8-10H,7H2,1-3H3,(H2,14,16). The van der Waals surface area contributed by atoms with Crippen LogP contribution in [0.15, 0.2) is 24.5 Å². The summed E-state index contributed by atoms with van der Waals surface area (Å²) in [4.78, 5) is 4.29. The minimum absolute atomic E-state index is 0.346. The number of aromatic nitrogens is 4. The molecule has 0 aliphatic rings. The van der Waals surface area contributed by atoms with Crippen molar-refractivity contribution in [2.45, 2.75) is 33.2 Å². The molecule has 2 rings (SSSR count). The highest BCUT2D eigenvalue weighted by Crippen LogP contribution is 2.23. The van der Waals surface area contributed by atoms with Crippen molar-refractivity contribution in [3.63, 3.8) is 0 Å². The lowest BCUT2D eigenvalue weighted by atomic mass is 10.1. The van der Waals surface area contributed by atoms with Crippen LogP contribution in [0.5, 0.6) is 0 Å². The van der Waals surface area contributed by atoms with Crippen LogP contribution < -0.4 is 5.73 Å². The van der Waals surface area contributed by atoms with Gasteiger partial charge in [0.25, 0.3) is 0 Å². The fourth-order valence-electron chi connectivity index (χ4n) is 2.12. The Morgan fingerprint density at radius 3 is 2.72 bits per heavy atom. The number of rotatable bonds is 4. The average Bonchev–Trinajstić information content (AvgIpc) is 2.76. The Bertz CT molecular complexity index is 518. The molecule has 0 fully saturated rings. The van der Waals surface area contributed by atoms with Gasteiger partial charge in [0.1, 0.15) is 17.8 Å². The monoisotopic (exact) mass is 245 g/mol. The van der Waals surface area contributed by atoms with Crippen molar-refractivity contribution in [3.05, 3.63) is 24.5 Å². The molecule has 2 aromatic heterocycles. The van der Waals surface area contributed by atoms with E-state index >= 15 is 0 Å². The first-order chi connectivity index (χ1) is 8.58. The zero-order chi connectivity index (χ0) is 13.1. The normalized spacial score (nSPS) is 12.9. The third kappa shape index (κ3) is 2.67. The van der Waals surface area contributed by atoms with E-state index in [2.05, 4.69) is 40.5 Å². The number of hydrogen-bond acceptors (Lipinski definition) is 4. The minimum atomic E-state index is 0.346. The lowest BCUT2D eigenvalue weighted by Gasteiger charge is -2.17. The SMILES string of the molecule is CC(C)CC(C)n1cnnc1-c1cccc(N)n1. The Morgan fingerprint density at radius 1 is 1.28 bits per heavy atom. The van der Waals surface area contributed by atoms with Gasteiger partial charge in [-0.25, -0.2) is 4.98 Å². The summed E-state index contributed by atoms with van der Waals surface area (Å²) >= 11 is 0. The molecule has 0 saturated carbocycles. The first-order valence-corrected chi connectivity index (χ1v) is 6.20. The Kier molecular flexibility index (Phi) is 3.60. The van der Waals surface area contributed by atoms with Gasteiger partial charge in [-0.05, 0) is 31.4 Å². The molecule has 0 amide bonds. The Balaban J connectivity index is 2.33. The molecular formula is C13H19N5. The van der Waals surface area contributed by atoms with E-state index in [-0.39, 0.29) is 0 Å². The fraction of sp³-hybridized carbons (Fsp3) is 0.462. The van der Waals surface area contributed by atoms with Gasteiger partial charge in [-0.3, -0.25) is 0 Å². The Hall–Kier alpha value is -1.91. The van der Waals surface area contributed by atoms with Crippen molar-refractivity contribution >= 4 is 5.82 Å². The highest BCUT2D eigenvalue weighted by Gasteiger charge is 2.14. The van der Waals surface area contributed by atoms with E-state index < -0.39 is 0 Å². The molecule has 96 valence electrons. The predicted octanol–water partition coefficient (Wildman–Crippen LogP) is 2.53. The molecule has 1 atom stereocenters. The lowest BCUT2D eigenvalue weighted by molar-refractivity contribution is 0.429. The largest absolute Gasteiger partial charge is 0.384 e. The van der Waals surface area contributed by atoms with Crippen molar-refractivity contribution in [2.75, 3.05) is 5.73 Å². The van der Waals surface area contributed by atoms with Crippen LogP contribution in [0.25, 0.3) is 11.5 Å². The molecule has 0 aliphatic carbocycles. The first kappa shape index (κ1) is 12.5. The van der Waals surface area contributed by atoms with E-state index in [0.717, 1.165) is 17.9 Å². The summed E-state index contributed by atoms with van der Waals surface area (Å²) in [6.45, 7) is 6.58. The first-order valence-electron chi connectivity index (χ1n) is 6.20. The molecule has 2 aromatic rings. The van der Waals surface area contributed by atoms with Gasteiger partial charge in [-0.2, -0.15) is 0 Å². The number of pyridine rings is 1. The molecule has 2 heterocycles. The molecule has 0 spiro atoms. The maximum Gasteiger partial charge on any atom is 0.182 e. The maximum absolute atomic E-state index is 5.70. The molecule has 0 saturated heterocycles. The van der Waals surface area contributed by atoms with Gasteiger partial charge in [0, 0.05) is 6.04 Å². The Labute approximate surface area is 107 Å². The Morgan fingerprint density at radius 2 is 2.06 bits per heavy atom. The van der Waals surface area contributed by atoms with Crippen LogP contribution in [-0.2, 0) is 0 Å². The molecule has 0 radical (unpaired) electrons. The predicted molar refractivity (Wildman–Crippen MR) is 71.8 cm³/mol. The summed E-state index contributed by atoms with van der Waals surface area (Å²) in [7, 11) is 0. The van der Waals surface area contributed by atoms with Crippen molar-refractivity contribution in [1.29, 1.82) is 0 Å². The molecule has 5 nitrogen and oxygen atoms in total. The second-order valence-corrected chi connectivity index (χ2v) is 4.99. The lowest BCUT2D eigenvalue weighted by Crippen LogP contribution is -2.09. The highest BCUT2D eigenvalue weighted by molar-refractivity contribution is 5.52. The molecule has 1 unspecified atom stereocenters. The van der Waals surface area contributed by atoms with Gasteiger partial charge in [0.15, 0.2) is 5.82 Å². The van der Waals surface area contributed by atoms with Crippen molar-refractivity contribution < 1.29 is 0 Å². The van der Waals surface area contributed by atoms with E-state index in [4.69, 9.17) is 5.73 Å². The van der Waals surface area contributed by atoms with Crippen molar-refractivity contribution in [2.24, 2.45) is 5.92 Å².